The van der Waals surface area contributed by atoms with Gasteiger partial charge in [-0.1, -0.05) is 23.7 Å². The predicted molar refractivity (Wildman–Crippen MR) is 101 cm³/mol. The number of methoxy groups -OCH3 is 1. The first-order valence-electron chi connectivity index (χ1n) is 8.40. The number of carbonyl (C=O) groups excluding carboxylic acids is 3. The summed E-state index contributed by atoms with van der Waals surface area (Å²) in [6.45, 7) is 3.09. The first kappa shape index (κ1) is 19.6. The van der Waals surface area contributed by atoms with Crippen molar-refractivity contribution in [3.63, 3.8) is 0 Å². The molecule has 0 fully saturated rings. The van der Waals surface area contributed by atoms with E-state index in [0.717, 1.165) is 18.7 Å². The largest absolute Gasteiger partial charge is 0.618 e. The molecule has 0 amide bonds. The van der Waals surface area contributed by atoms with Crippen LogP contribution >= 0.6 is 11.6 Å². The topological polar surface area (TPSA) is 99.4 Å². The van der Waals surface area contributed by atoms with Crippen LogP contribution < -0.4 is 10.0 Å². The molecule has 0 radical (unpaired) electrons. The van der Waals surface area contributed by atoms with Gasteiger partial charge in [-0.15, -0.1) is 0 Å². The van der Waals surface area contributed by atoms with E-state index in [-0.39, 0.29) is 40.3 Å². The summed E-state index contributed by atoms with van der Waals surface area (Å²) >= 11 is 5.96. The molecule has 0 saturated heterocycles. The summed E-state index contributed by atoms with van der Waals surface area (Å²) in [5.74, 6) is -1.94. The van der Waals surface area contributed by atoms with Crippen LogP contribution in [0.1, 0.15) is 48.0 Å². The number of hydrogen-bond donors (Lipinski definition) is 1. The molecule has 0 saturated carbocycles. The van der Waals surface area contributed by atoms with Gasteiger partial charge in [-0.3, -0.25) is 9.59 Å². The van der Waals surface area contributed by atoms with Gasteiger partial charge in [-0.25, -0.2) is 4.79 Å². The van der Waals surface area contributed by atoms with E-state index in [1.54, 1.807) is 18.2 Å². The molecule has 0 spiro atoms. The van der Waals surface area contributed by atoms with Gasteiger partial charge in [0, 0.05) is 31.5 Å². The van der Waals surface area contributed by atoms with Gasteiger partial charge >= 0.3 is 5.97 Å². The van der Waals surface area contributed by atoms with Crippen molar-refractivity contribution in [2.24, 2.45) is 0 Å². The smallest absolute Gasteiger partial charge is 0.345 e. The number of hydrogen-bond acceptors (Lipinski definition) is 6. The fourth-order valence-electron chi connectivity index (χ4n) is 3.20. The Labute approximate surface area is 166 Å². The number of allylic oxidation sites excluding steroid dienone is 2. The van der Waals surface area contributed by atoms with Gasteiger partial charge in [-0.05, 0) is 17.7 Å². The highest BCUT2D eigenvalue weighted by Gasteiger charge is 2.38. The van der Waals surface area contributed by atoms with Gasteiger partial charge in [0.25, 0.3) is 0 Å². The third-order valence-corrected chi connectivity index (χ3v) is 4.82. The lowest BCUT2D eigenvalue weighted by Gasteiger charge is -2.21. The Morgan fingerprint density at radius 2 is 1.93 bits per heavy atom. The molecule has 1 aliphatic rings. The van der Waals surface area contributed by atoms with Gasteiger partial charge in [0.2, 0.25) is 17.2 Å². The maximum absolute atomic E-state index is 13.1. The number of pyridine rings is 1. The quantitative estimate of drug-likeness (QED) is 0.480. The Hall–Kier alpha value is -3.19. The van der Waals surface area contributed by atoms with E-state index in [9.17, 15) is 19.6 Å². The van der Waals surface area contributed by atoms with Crippen molar-refractivity contribution in [3.8, 4) is 0 Å². The van der Waals surface area contributed by atoms with Crippen LogP contribution in [0.25, 0.3) is 0 Å². The van der Waals surface area contributed by atoms with E-state index in [4.69, 9.17) is 16.3 Å². The molecule has 144 valence electrons. The summed E-state index contributed by atoms with van der Waals surface area (Å²) in [5.41, 5.74) is 0.500. The highest BCUT2D eigenvalue weighted by Crippen LogP contribution is 2.27. The van der Waals surface area contributed by atoms with Crippen molar-refractivity contribution in [2.45, 2.75) is 20.4 Å². The van der Waals surface area contributed by atoms with Crippen molar-refractivity contribution >= 4 is 29.1 Å². The maximum atomic E-state index is 13.1. The van der Waals surface area contributed by atoms with E-state index in [1.807, 2.05) is 6.07 Å². The Balaban J connectivity index is 2.06. The Morgan fingerprint density at radius 3 is 2.57 bits per heavy atom. The van der Waals surface area contributed by atoms with Crippen LogP contribution in [0, 0.1) is 19.1 Å². The predicted octanol–water partition coefficient (Wildman–Crippen LogP) is 2.43. The van der Waals surface area contributed by atoms with E-state index in [1.165, 1.54) is 13.8 Å². The number of ketones is 2. The average Bonchev–Trinajstić information content (AvgIpc) is 2.67. The first-order valence-corrected chi connectivity index (χ1v) is 8.78. The summed E-state index contributed by atoms with van der Waals surface area (Å²) in [4.78, 5) is 38.0. The third kappa shape index (κ3) is 3.25. The molecule has 0 atom stereocenters. The molecule has 0 unspecified atom stereocenters. The molecule has 0 bridgehead atoms. The van der Waals surface area contributed by atoms with E-state index in [2.05, 4.69) is 5.32 Å². The number of nitrogens with zero attached hydrogens (tertiary/aromatic N) is 1. The molecule has 28 heavy (non-hydrogen) atoms. The zero-order valence-electron chi connectivity index (χ0n) is 15.5. The van der Waals surface area contributed by atoms with Gasteiger partial charge < -0.3 is 15.3 Å². The van der Waals surface area contributed by atoms with Crippen molar-refractivity contribution in [3.05, 3.63) is 79.9 Å². The zero-order chi connectivity index (χ0) is 20.6. The van der Waals surface area contributed by atoms with E-state index >= 15 is 0 Å². The summed E-state index contributed by atoms with van der Waals surface area (Å²) in [7, 11) is 1.15. The van der Waals surface area contributed by atoms with Crippen LogP contribution in [0.5, 0.6) is 0 Å². The van der Waals surface area contributed by atoms with Gasteiger partial charge in [0.15, 0.2) is 5.78 Å². The maximum Gasteiger partial charge on any atom is 0.345 e. The molecule has 2 aromatic rings. The summed E-state index contributed by atoms with van der Waals surface area (Å²) in [6.07, 6.45) is 1.14. The number of fused-ring (bicyclic) bond motifs is 1. The molecule has 1 N–H and O–H groups in total. The SMILES string of the molecule is COC(=O)c1c2c(c(C)[n+]([O-])c1C)C(=O)C=C(NCc1cccc(Cl)c1)C2=O. The molecule has 1 heterocycles. The van der Waals surface area contributed by atoms with Crippen LogP contribution in [0.2, 0.25) is 5.02 Å². The second-order valence-corrected chi connectivity index (χ2v) is 6.75. The van der Waals surface area contributed by atoms with E-state index < -0.39 is 17.5 Å². The fourth-order valence-corrected chi connectivity index (χ4v) is 3.41. The molecular formula is C20H17ClN2O5. The molecule has 0 aliphatic heterocycles. The highest BCUT2D eigenvalue weighted by atomic mass is 35.5. The van der Waals surface area contributed by atoms with E-state index in [0.29, 0.717) is 9.75 Å². The number of benzene rings is 1. The minimum atomic E-state index is -0.851. The standard InChI is InChI=1S/C20H17ClN2O5/c1-10-16-15(24)8-14(22-9-12-5-4-6-13(21)7-12)19(25)18(16)17(20(26)28-3)11(2)23(10)27/h4-8,22H,9H2,1-3H3. The summed E-state index contributed by atoms with van der Waals surface area (Å²) in [5, 5.41) is 15.8. The normalized spacial score (nSPS) is 13.1. The lowest BCUT2D eigenvalue weighted by atomic mass is 9.87. The average molecular weight is 401 g/mol. The number of Topliss-reactive ketones (excluding diaryl/α,β-unsaturated/α-hetero) is 1. The van der Waals surface area contributed by atoms with Gasteiger partial charge in [-0.2, -0.15) is 4.73 Å². The van der Waals surface area contributed by atoms with Crippen molar-refractivity contribution in [2.75, 3.05) is 7.11 Å². The number of ether oxygens (including phenoxy) is 1. The molecule has 1 aromatic carbocycles. The molecule has 1 aliphatic carbocycles. The zero-order valence-corrected chi connectivity index (χ0v) is 16.2. The van der Waals surface area contributed by atoms with Crippen molar-refractivity contribution < 1.29 is 23.9 Å². The molecule has 3 rings (SSSR count). The minimum absolute atomic E-state index is 0.000316. The summed E-state index contributed by atoms with van der Waals surface area (Å²) in [6, 6.07) is 7.04. The van der Waals surface area contributed by atoms with Crippen molar-refractivity contribution in [1.29, 1.82) is 0 Å². The number of rotatable bonds is 4. The van der Waals surface area contributed by atoms with Crippen LogP contribution in [0.3, 0.4) is 0 Å². The fraction of sp³-hybridized carbons (Fsp3) is 0.200. The molecule has 7 nitrogen and oxygen atoms in total. The number of nitrogens with one attached hydrogen (secondary N) is 1. The molecule has 1 aromatic heterocycles. The molecule has 8 heteroatoms. The van der Waals surface area contributed by atoms with Crippen LogP contribution in [-0.4, -0.2) is 24.6 Å². The van der Waals surface area contributed by atoms with Crippen molar-refractivity contribution in [1.82, 2.24) is 5.32 Å². The van der Waals surface area contributed by atoms with Crippen LogP contribution in [-0.2, 0) is 11.3 Å². The van der Waals surface area contributed by atoms with Crippen LogP contribution in [0.4, 0.5) is 0 Å². The minimum Gasteiger partial charge on any atom is -0.618 e. The van der Waals surface area contributed by atoms with Crippen LogP contribution in [0.15, 0.2) is 36.0 Å². The van der Waals surface area contributed by atoms with Gasteiger partial charge in [0.05, 0.1) is 18.4 Å². The number of halogens is 1. The first-order chi connectivity index (χ1) is 13.3. The number of esters is 1. The Kier molecular flexibility index (Phi) is 5.20. The number of aromatic nitrogens is 1. The summed E-state index contributed by atoms with van der Waals surface area (Å²) < 4.78 is 5.20. The highest BCUT2D eigenvalue weighted by molar-refractivity contribution is 6.30. The number of carbonyl (C=O) groups is 3. The Morgan fingerprint density at radius 1 is 1.21 bits per heavy atom. The Bertz CT molecular complexity index is 1060. The lowest BCUT2D eigenvalue weighted by molar-refractivity contribution is -0.619. The lowest BCUT2D eigenvalue weighted by Crippen LogP contribution is -2.42. The third-order valence-electron chi connectivity index (χ3n) is 4.59. The molecular weight excluding hydrogens is 384 g/mol. The second-order valence-electron chi connectivity index (χ2n) is 6.32. The van der Waals surface area contributed by atoms with Gasteiger partial charge in [0.1, 0.15) is 11.1 Å². The second kappa shape index (κ2) is 7.44. The monoisotopic (exact) mass is 400 g/mol.